The smallest absolute Gasteiger partial charge is 0.0621 e. The maximum absolute atomic E-state index is 2.54. The molecule has 0 radical (unpaired) electrons. The highest BCUT2D eigenvalue weighted by molar-refractivity contribution is 6.23. The average molecular weight is 750 g/mol. The van der Waals surface area contributed by atoms with Crippen LogP contribution in [-0.4, -0.2) is 13.7 Å². The van der Waals surface area contributed by atoms with E-state index >= 15 is 0 Å². The van der Waals surface area contributed by atoms with Crippen molar-refractivity contribution in [2.75, 3.05) is 0 Å². The Hall–Kier alpha value is -7.88. The maximum Gasteiger partial charge on any atom is 0.0621 e. The normalized spacial score (nSPS) is 12.1. The predicted octanol–water partition coefficient (Wildman–Crippen LogP) is 15.0. The minimum Gasteiger partial charge on any atom is -0.309 e. The molecule has 0 spiro atoms. The van der Waals surface area contributed by atoms with E-state index in [4.69, 9.17) is 0 Å². The zero-order valence-electron chi connectivity index (χ0n) is 32.0. The molecule has 0 saturated heterocycles. The van der Waals surface area contributed by atoms with Crippen molar-refractivity contribution in [1.29, 1.82) is 0 Å². The fourth-order valence-electron chi connectivity index (χ4n) is 10.1. The molecule has 59 heavy (non-hydrogen) atoms. The van der Waals surface area contributed by atoms with Crippen molar-refractivity contribution in [3.63, 3.8) is 0 Å². The summed E-state index contributed by atoms with van der Waals surface area (Å²) in [5.74, 6) is 0. The van der Waals surface area contributed by atoms with Crippen molar-refractivity contribution < 1.29 is 0 Å². The zero-order valence-corrected chi connectivity index (χ0v) is 32.0. The van der Waals surface area contributed by atoms with Crippen molar-refractivity contribution in [3.8, 4) is 28.2 Å². The monoisotopic (exact) mass is 749 g/mol. The summed E-state index contributed by atoms with van der Waals surface area (Å²) in [7, 11) is 0. The van der Waals surface area contributed by atoms with Crippen LogP contribution in [0.25, 0.3) is 115 Å². The molecule has 0 aliphatic heterocycles. The van der Waals surface area contributed by atoms with Crippen LogP contribution in [-0.2, 0) is 0 Å². The summed E-state index contributed by atoms with van der Waals surface area (Å²) in [6.45, 7) is 0. The van der Waals surface area contributed by atoms with E-state index in [0.717, 1.165) is 5.69 Å². The first-order valence-electron chi connectivity index (χ1n) is 20.4. The number of hydrogen-bond acceptors (Lipinski definition) is 0. The standard InChI is InChI=1S/C56H35N3/c1-2-16-36(17-3-1)38-31-33-53(40-19-5-4-18-39(38)40)59-54-32-30-37(57-49-26-12-8-20-41(49)42-21-9-13-27-50(42)57)34-47(54)48-35-55(45-24-6-7-25-46(45)56(48)59)58-51-28-14-10-22-43(51)44-23-11-15-29-52(44)58/h1-35H. The summed E-state index contributed by atoms with van der Waals surface area (Å²) in [6.07, 6.45) is 0. The van der Waals surface area contributed by atoms with Gasteiger partial charge in [0.25, 0.3) is 0 Å². The summed E-state index contributed by atoms with van der Waals surface area (Å²) in [5, 5.41) is 12.3. The Balaban J connectivity index is 1.20. The lowest BCUT2D eigenvalue weighted by Crippen LogP contribution is -1.99. The Labute approximate surface area is 339 Å². The molecule has 0 N–H and O–H groups in total. The third kappa shape index (κ3) is 4.53. The predicted molar refractivity (Wildman–Crippen MR) is 250 cm³/mol. The molecular formula is C56H35N3. The summed E-state index contributed by atoms with van der Waals surface area (Å²) in [6, 6.07) is 78.1. The maximum atomic E-state index is 2.54. The van der Waals surface area contributed by atoms with Crippen LogP contribution in [0.1, 0.15) is 0 Å². The molecule has 0 atom stereocenters. The molecule has 10 aromatic carbocycles. The quantitative estimate of drug-likeness (QED) is 0.170. The van der Waals surface area contributed by atoms with E-state index in [1.165, 1.54) is 109 Å². The second kappa shape index (κ2) is 12.3. The highest BCUT2D eigenvalue weighted by Crippen LogP contribution is 2.45. The van der Waals surface area contributed by atoms with Gasteiger partial charge in [0.1, 0.15) is 0 Å². The van der Waals surface area contributed by atoms with Crippen molar-refractivity contribution in [1.82, 2.24) is 13.7 Å². The van der Waals surface area contributed by atoms with E-state index < -0.39 is 0 Å². The molecule has 0 unspecified atom stereocenters. The highest BCUT2D eigenvalue weighted by Gasteiger charge is 2.23. The fraction of sp³-hybridized carbons (Fsp3) is 0. The van der Waals surface area contributed by atoms with Crippen LogP contribution in [0.15, 0.2) is 212 Å². The molecule has 0 amide bonds. The van der Waals surface area contributed by atoms with Gasteiger partial charge in [-0.05, 0) is 71.1 Å². The molecule has 0 saturated carbocycles. The minimum atomic E-state index is 1.14. The van der Waals surface area contributed by atoms with Crippen LogP contribution in [0, 0.1) is 0 Å². The summed E-state index contributed by atoms with van der Waals surface area (Å²) < 4.78 is 7.46. The molecule has 274 valence electrons. The summed E-state index contributed by atoms with van der Waals surface area (Å²) >= 11 is 0. The van der Waals surface area contributed by atoms with Gasteiger partial charge in [0, 0.05) is 54.2 Å². The van der Waals surface area contributed by atoms with Crippen LogP contribution < -0.4 is 0 Å². The molecule has 3 heterocycles. The molecule has 13 rings (SSSR count). The Morgan fingerprint density at radius 1 is 0.237 bits per heavy atom. The highest BCUT2D eigenvalue weighted by atomic mass is 15.0. The second-order valence-electron chi connectivity index (χ2n) is 15.7. The number of fused-ring (bicyclic) bond motifs is 12. The molecule has 3 heteroatoms. The van der Waals surface area contributed by atoms with Gasteiger partial charge < -0.3 is 13.7 Å². The number of nitrogens with zero attached hydrogens (tertiary/aromatic N) is 3. The largest absolute Gasteiger partial charge is 0.309 e. The van der Waals surface area contributed by atoms with E-state index in [1.54, 1.807) is 0 Å². The van der Waals surface area contributed by atoms with Gasteiger partial charge in [-0.2, -0.15) is 0 Å². The summed E-state index contributed by atoms with van der Waals surface area (Å²) in [4.78, 5) is 0. The van der Waals surface area contributed by atoms with Gasteiger partial charge in [0.05, 0.1) is 44.5 Å². The lowest BCUT2D eigenvalue weighted by Gasteiger charge is -2.17. The van der Waals surface area contributed by atoms with Crippen molar-refractivity contribution in [3.05, 3.63) is 212 Å². The van der Waals surface area contributed by atoms with Gasteiger partial charge >= 0.3 is 0 Å². The first-order chi connectivity index (χ1) is 29.3. The van der Waals surface area contributed by atoms with E-state index in [0.29, 0.717) is 0 Å². The minimum absolute atomic E-state index is 1.14. The molecule has 0 bridgehead atoms. The first-order valence-corrected chi connectivity index (χ1v) is 20.4. The Morgan fingerprint density at radius 2 is 0.695 bits per heavy atom. The second-order valence-corrected chi connectivity index (χ2v) is 15.7. The topological polar surface area (TPSA) is 14.8 Å². The number of para-hydroxylation sites is 4. The van der Waals surface area contributed by atoms with Gasteiger partial charge in [-0.25, -0.2) is 0 Å². The van der Waals surface area contributed by atoms with Crippen LogP contribution in [0.2, 0.25) is 0 Å². The van der Waals surface area contributed by atoms with E-state index in [-0.39, 0.29) is 0 Å². The molecule has 0 fully saturated rings. The first kappa shape index (κ1) is 32.2. The molecule has 0 aliphatic carbocycles. The van der Waals surface area contributed by atoms with E-state index in [2.05, 4.69) is 226 Å². The van der Waals surface area contributed by atoms with Crippen LogP contribution in [0.3, 0.4) is 0 Å². The Morgan fingerprint density at radius 3 is 1.29 bits per heavy atom. The van der Waals surface area contributed by atoms with Gasteiger partial charge in [0.15, 0.2) is 0 Å². The fourth-order valence-corrected chi connectivity index (χ4v) is 10.1. The van der Waals surface area contributed by atoms with Gasteiger partial charge in [-0.15, -0.1) is 0 Å². The lowest BCUT2D eigenvalue weighted by molar-refractivity contribution is 1.17. The van der Waals surface area contributed by atoms with Gasteiger partial charge in [-0.3, -0.25) is 0 Å². The lowest BCUT2D eigenvalue weighted by atomic mass is 9.97. The van der Waals surface area contributed by atoms with Crippen molar-refractivity contribution >= 4 is 87.0 Å². The Kier molecular flexibility index (Phi) is 6.72. The van der Waals surface area contributed by atoms with Gasteiger partial charge in [-0.1, -0.05) is 158 Å². The van der Waals surface area contributed by atoms with Gasteiger partial charge in [0.2, 0.25) is 0 Å². The number of hydrogen-bond donors (Lipinski definition) is 0. The van der Waals surface area contributed by atoms with Crippen molar-refractivity contribution in [2.45, 2.75) is 0 Å². The molecule has 13 aromatic rings. The molecular weight excluding hydrogens is 715 g/mol. The van der Waals surface area contributed by atoms with Crippen LogP contribution in [0.4, 0.5) is 0 Å². The number of benzene rings is 10. The van der Waals surface area contributed by atoms with E-state index in [1.807, 2.05) is 0 Å². The summed E-state index contributed by atoms with van der Waals surface area (Å²) in [5.41, 5.74) is 13.1. The third-order valence-corrected chi connectivity index (χ3v) is 12.6. The average Bonchev–Trinajstić information content (AvgIpc) is 3.94. The number of aromatic nitrogens is 3. The molecule has 3 aromatic heterocycles. The van der Waals surface area contributed by atoms with Crippen LogP contribution >= 0.6 is 0 Å². The Bertz CT molecular complexity index is 3730. The van der Waals surface area contributed by atoms with Crippen LogP contribution in [0.5, 0.6) is 0 Å². The SMILES string of the molecule is c1ccc(-c2ccc(-n3c4ccc(-n5c6ccccc6c6ccccc65)cc4c4cc(-n5c6ccccc6c6ccccc65)c5ccccc5c43)c3ccccc23)cc1. The third-order valence-electron chi connectivity index (χ3n) is 12.6. The van der Waals surface area contributed by atoms with E-state index in [9.17, 15) is 0 Å². The molecule has 3 nitrogen and oxygen atoms in total. The van der Waals surface area contributed by atoms with Crippen molar-refractivity contribution in [2.24, 2.45) is 0 Å². The molecule has 0 aliphatic rings. The zero-order chi connectivity index (χ0) is 38.6. The number of rotatable bonds is 4.